The van der Waals surface area contributed by atoms with Crippen LogP contribution < -0.4 is 15.8 Å². The smallest absolute Gasteiger partial charge is 0.286 e. The number of aliphatic hydroxyl groups is 1. The van der Waals surface area contributed by atoms with Crippen molar-refractivity contribution in [2.24, 2.45) is 22.0 Å². The van der Waals surface area contributed by atoms with Crippen molar-refractivity contribution in [1.82, 2.24) is 4.90 Å². The number of nitrogens with zero attached hydrogens (tertiary/aromatic N) is 2. The van der Waals surface area contributed by atoms with E-state index in [0.717, 1.165) is 6.42 Å². The Morgan fingerprint density at radius 2 is 1.97 bits per heavy atom. The average molecular weight is 479 g/mol. The maximum absolute atomic E-state index is 13.4. The van der Waals surface area contributed by atoms with Crippen molar-refractivity contribution < 1.29 is 27.9 Å². The highest BCUT2D eigenvalue weighted by molar-refractivity contribution is 7.90. The van der Waals surface area contributed by atoms with Gasteiger partial charge < -0.3 is 25.8 Å². The minimum atomic E-state index is -4.22. The molecular weight excluding hydrogens is 448 g/mol. The van der Waals surface area contributed by atoms with E-state index in [4.69, 9.17) is 10.5 Å². The fourth-order valence-electron chi connectivity index (χ4n) is 3.84. The van der Waals surface area contributed by atoms with Gasteiger partial charge in [-0.3, -0.25) is 9.59 Å². The van der Waals surface area contributed by atoms with Gasteiger partial charge >= 0.3 is 0 Å². The quantitative estimate of drug-likeness (QED) is 0.518. The molecule has 0 saturated carbocycles. The highest BCUT2D eigenvalue weighted by Crippen LogP contribution is 2.42. The van der Waals surface area contributed by atoms with Crippen LogP contribution in [0.4, 0.5) is 5.69 Å². The van der Waals surface area contributed by atoms with Gasteiger partial charge in [0, 0.05) is 12.6 Å². The molecule has 33 heavy (non-hydrogen) atoms. The molecule has 10 nitrogen and oxygen atoms in total. The van der Waals surface area contributed by atoms with E-state index in [-0.39, 0.29) is 39.4 Å². The summed E-state index contributed by atoms with van der Waals surface area (Å²) in [4.78, 5) is 25.7. The van der Waals surface area contributed by atoms with Crippen molar-refractivity contribution in [2.75, 3.05) is 18.5 Å². The third-order valence-electron chi connectivity index (χ3n) is 6.10. The van der Waals surface area contributed by atoms with E-state index in [9.17, 15) is 23.1 Å². The minimum Gasteiger partial charge on any atom is -0.509 e. The molecule has 0 aliphatic carbocycles. The number of rotatable bonds is 8. The van der Waals surface area contributed by atoms with Crippen LogP contribution in [0.2, 0.25) is 0 Å². The highest BCUT2D eigenvalue weighted by atomic mass is 32.2. The molecule has 0 saturated heterocycles. The summed E-state index contributed by atoms with van der Waals surface area (Å²) < 4.78 is 34.8. The van der Waals surface area contributed by atoms with Crippen LogP contribution in [0, 0.1) is 11.8 Å². The normalized spacial score (nSPS) is 21.8. The fourth-order valence-corrected chi connectivity index (χ4v) is 4.98. The summed E-state index contributed by atoms with van der Waals surface area (Å²) >= 11 is 0. The van der Waals surface area contributed by atoms with Crippen molar-refractivity contribution in [3.8, 4) is 5.75 Å². The topological polar surface area (TPSA) is 151 Å². The van der Waals surface area contributed by atoms with E-state index < -0.39 is 34.0 Å². The van der Waals surface area contributed by atoms with Gasteiger partial charge in [0.05, 0.1) is 5.69 Å². The third kappa shape index (κ3) is 4.41. The second-order valence-corrected chi connectivity index (χ2v) is 10.7. The third-order valence-corrected chi connectivity index (χ3v) is 7.42. The molecule has 3 rings (SSSR count). The molecule has 0 fully saturated rings. The van der Waals surface area contributed by atoms with E-state index >= 15 is 0 Å². The summed E-state index contributed by atoms with van der Waals surface area (Å²) in [5, 5.41) is 14.0. The molecule has 1 aromatic rings. The number of amides is 2. The first-order valence-corrected chi connectivity index (χ1v) is 12.2. The largest absolute Gasteiger partial charge is 0.509 e. The predicted octanol–water partition coefficient (Wildman–Crippen LogP) is 2.18. The zero-order chi connectivity index (χ0) is 24.7. The number of hydrogen-bond acceptors (Lipinski definition) is 7. The molecule has 2 heterocycles. The summed E-state index contributed by atoms with van der Waals surface area (Å²) in [6.45, 7) is 9.64. The van der Waals surface area contributed by atoms with E-state index in [1.807, 2.05) is 27.7 Å². The summed E-state index contributed by atoms with van der Waals surface area (Å²) in [7, 11) is -4.22. The van der Waals surface area contributed by atoms with Crippen LogP contribution in [-0.2, 0) is 19.6 Å². The van der Waals surface area contributed by atoms with E-state index in [2.05, 4.69) is 9.71 Å². The van der Waals surface area contributed by atoms with Crippen molar-refractivity contribution in [2.45, 2.75) is 51.5 Å². The van der Waals surface area contributed by atoms with Crippen molar-refractivity contribution >= 4 is 33.4 Å². The number of nitrogens with one attached hydrogen (secondary N) is 1. The number of carbonyl (C=O) groups excluding carboxylic acids is 2. The lowest BCUT2D eigenvalue weighted by Gasteiger charge is -2.39. The zero-order valence-electron chi connectivity index (χ0n) is 19.4. The molecule has 1 aromatic carbocycles. The number of ether oxygens (including phenoxy) is 1. The maximum atomic E-state index is 13.4. The second kappa shape index (κ2) is 8.69. The standard InChI is InChI=1S/C22H30N4O6S/c1-12(2)8-9-26-21(29)18(19(28)22(26,5)13(3)4)20-24-15-7-6-14(32-11-17(23)27)10-16(15)33(30,31)25-20/h6-7,10,12-13,28H,8-9,11H2,1-5H3,(H2,23,27)(H,24,25). The van der Waals surface area contributed by atoms with Crippen molar-refractivity contribution in [3.63, 3.8) is 0 Å². The number of hydrogen-bond donors (Lipinski definition) is 3. The summed E-state index contributed by atoms with van der Waals surface area (Å²) in [6, 6.07) is 4.12. The summed E-state index contributed by atoms with van der Waals surface area (Å²) in [5.74, 6) is -1.29. The number of amidine groups is 1. The Morgan fingerprint density at radius 3 is 2.55 bits per heavy atom. The molecule has 0 spiro atoms. The molecular formula is C22H30N4O6S. The Labute approximate surface area is 193 Å². The van der Waals surface area contributed by atoms with Crippen LogP contribution in [0.1, 0.15) is 41.0 Å². The second-order valence-electron chi connectivity index (χ2n) is 9.12. The number of carbonyl (C=O) groups is 2. The van der Waals surface area contributed by atoms with Gasteiger partial charge in [-0.05, 0) is 37.3 Å². The van der Waals surface area contributed by atoms with Gasteiger partial charge in [0.15, 0.2) is 12.4 Å². The molecule has 2 aliphatic heterocycles. The number of primary amides is 1. The SMILES string of the molecule is CC(C)CCN1C(=O)C(C2=NS(=O)(=O)c3cc(OCC(N)=O)ccc3N2)=C(O)C1(C)C(C)C. The lowest BCUT2D eigenvalue weighted by Crippen LogP contribution is -2.50. The number of nitrogens with two attached hydrogens (primary N) is 1. The van der Waals surface area contributed by atoms with Gasteiger partial charge in [0.25, 0.3) is 21.8 Å². The van der Waals surface area contributed by atoms with Gasteiger partial charge in [-0.2, -0.15) is 8.42 Å². The first-order valence-electron chi connectivity index (χ1n) is 10.7. The Kier molecular flexibility index (Phi) is 6.47. The zero-order valence-corrected chi connectivity index (χ0v) is 20.2. The number of fused-ring (bicyclic) bond motifs is 1. The van der Waals surface area contributed by atoms with E-state index in [1.165, 1.54) is 18.2 Å². The first kappa shape index (κ1) is 24.6. The van der Waals surface area contributed by atoms with Gasteiger partial charge in [0.2, 0.25) is 0 Å². The Balaban J connectivity index is 2.02. The molecule has 0 bridgehead atoms. The first-order chi connectivity index (χ1) is 15.3. The van der Waals surface area contributed by atoms with Crippen LogP contribution in [0.25, 0.3) is 0 Å². The molecule has 2 amide bonds. The molecule has 0 radical (unpaired) electrons. The van der Waals surface area contributed by atoms with E-state index in [0.29, 0.717) is 12.5 Å². The highest BCUT2D eigenvalue weighted by Gasteiger charge is 2.52. The van der Waals surface area contributed by atoms with Crippen LogP contribution >= 0.6 is 0 Å². The van der Waals surface area contributed by atoms with Crippen molar-refractivity contribution in [3.05, 3.63) is 29.5 Å². The molecule has 1 atom stereocenters. The molecule has 11 heteroatoms. The van der Waals surface area contributed by atoms with Gasteiger partial charge in [-0.15, -0.1) is 4.40 Å². The maximum Gasteiger partial charge on any atom is 0.286 e. The predicted molar refractivity (Wildman–Crippen MR) is 123 cm³/mol. The van der Waals surface area contributed by atoms with Crippen LogP contribution in [0.15, 0.2) is 38.8 Å². The average Bonchev–Trinajstić information content (AvgIpc) is 2.90. The number of sulfonamides is 1. The number of benzene rings is 1. The lowest BCUT2D eigenvalue weighted by molar-refractivity contribution is -0.130. The van der Waals surface area contributed by atoms with Gasteiger partial charge in [-0.25, -0.2) is 0 Å². The molecule has 1 unspecified atom stereocenters. The number of aliphatic hydroxyl groups excluding tert-OH is 1. The molecule has 180 valence electrons. The van der Waals surface area contributed by atoms with Gasteiger partial charge in [0.1, 0.15) is 27.5 Å². The Morgan fingerprint density at radius 1 is 1.30 bits per heavy atom. The van der Waals surface area contributed by atoms with E-state index in [1.54, 1.807) is 11.8 Å². The Hall–Kier alpha value is -3.08. The molecule has 2 aliphatic rings. The van der Waals surface area contributed by atoms with Crippen molar-refractivity contribution in [1.29, 1.82) is 0 Å². The summed E-state index contributed by atoms with van der Waals surface area (Å²) in [5.41, 5.74) is 4.08. The van der Waals surface area contributed by atoms with Crippen LogP contribution in [-0.4, -0.2) is 54.8 Å². The lowest BCUT2D eigenvalue weighted by atomic mass is 9.85. The number of anilines is 1. The Bertz CT molecular complexity index is 1160. The van der Waals surface area contributed by atoms with Crippen LogP contribution in [0.5, 0.6) is 5.75 Å². The summed E-state index contributed by atoms with van der Waals surface area (Å²) in [6.07, 6.45) is 0.726. The van der Waals surface area contributed by atoms with Gasteiger partial charge in [-0.1, -0.05) is 27.7 Å². The monoisotopic (exact) mass is 478 g/mol. The minimum absolute atomic E-state index is 0.128. The molecule has 4 N–H and O–H groups in total. The fraction of sp³-hybridized carbons (Fsp3) is 0.500. The van der Waals surface area contributed by atoms with Crippen LogP contribution in [0.3, 0.4) is 0 Å². The molecule has 0 aromatic heterocycles.